The Morgan fingerprint density at radius 1 is 1.38 bits per heavy atom. The van der Waals surface area contributed by atoms with Gasteiger partial charge in [-0.15, -0.1) is 5.06 Å². The molecule has 2 heterocycles. The van der Waals surface area contributed by atoms with Gasteiger partial charge in [0.25, 0.3) is 0 Å². The molecule has 1 aromatic heterocycles. The molecule has 1 aliphatic heterocycles. The van der Waals surface area contributed by atoms with Gasteiger partial charge >= 0.3 is 5.97 Å². The van der Waals surface area contributed by atoms with E-state index in [9.17, 15) is 4.79 Å². The summed E-state index contributed by atoms with van der Waals surface area (Å²) in [7, 11) is 0. The zero-order valence-electron chi connectivity index (χ0n) is 13.2. The standard InChI is InChI=1S/C15H24N4O2/c1-11-10-18(21-14(20)15(2,3)4)7-8-19(11)13-6-5-12(16)9-17-13/h5-6,9,11H,7-8,10,16H2,1-4H3/t11-/m1/s1. The minimum Gasteiger partial charge on any atom is -0.397 e. The zero-order valence-corrected chi connectivity index (χ0v) is 13.2. The van der Waals surface area contributed by atoms with Crippen molar-refractivity contribution in [1.29, 1.82) is 0 Å². The molecule has 0 aliphatic carbocycles. The van der Waals surface area contributed by atoms with Gasteiger partial charge in [0.05, 0.1) is 30.4 Å². The summed E-state index contributed by atoms with van der Waals surface area (Å²) < 4.78 is 0. The monoisotopic (exact) mass is 292 g/mol. The lowest BCUT2D eigenvalue weighted by molar-refractivity contribution is -0.203. The number of pyridine rings is 1. The predicted octanol–water partition coefficient (Wildman–Crippen LogP) is 1.68. The fraction of sp³-hybridized carbons (Fsp3) is 0.600. The van der Waals surface area contributed by atoms with E-state index in [1.54, 1.807) is 11.3 Å². The quantitative estimate of drug-likeness (QED) is 0.894. The Bertz CT molecular complexity index is 495. The molecule has 1 aromatic rings. The molecular weight excluding hydrogens is 268 g/mol. The summed E-state index contributed by atoms with van der Waals surface area (Å²) in [4.78, 5) is 23.9. The molecule has 1 atom stereocenters. The summed E-state index contributed by atoms with van der Waals surface area (Å²) in [6.07, 6.45) is 1.66. The Morgan fingerprint density at radius 2 is 2.10 bits per heavy atom. The van der Waals surface area contributed by atoms with Crippen molar-refractivity contribution in [3.63, 3.8) is 0 Å². The number of nitrogens with two attached hydrogens (primary N) is 1. The molecule has 1 saturated heterocycles. The van der Waals surface area contributed by atoms with Crippen LogP contribution in [0, 0.1) is 5.41 Å². The molecule has 2 N–H and O–H groups in total. The number of carbonyl (C=O) groups is 1. The van der Waals surface area contributed by atoms with Crippen molar-refractivity contribution in [2.24, 2.45) is 5.41 Å². The molecule has 0 amide bonds. The molecule has 1 fully saturated rings. The molecule has 116 valence electrons. The number of hydrogen-bond donors (Lipinski definition) is 1. The summed E-state index contributed by atoms with van der Waals surface area (Å²) in [5.41, 5.74) is 5.83. The van der Waals surface area contributed by atoms with E-state index >= 15 is 0 Å². The van der Waals surface area contributed by atoms with E-state index in [1.807, 2.05) is 32.9 Å². The first-order chi connectivity index (χ1) is 9.77. The molecule has 0 aromatic carbocycles. The fourth-order valence-electron chi connectivity index (χ4n) is 2.17. The summed E-state index contributed by atoms with van der Waals surface area (Å²) in [5.74, 6) is 0.701. The van der Waals surface area contributed by atoms with Crippen molar-refractivity contribution >= 4 is 17.5 Å². The molecule has 0 saturated carbocycles. The third-order valence-corrected chi connectivity index (χ3v) is 3.48. The number of nitrogen functional groups attached to an aromatic ring is 1. The lowest BCUT2D eigenvalue weighted by Crippen LogP contribution is -2.53. The van der Waals surface area contributed by atoms with E-state index in [-0.39, 0.29) is 12.0 Å². The van der Waals surface area contributed by atoms with Crippen LogP contribution >= 0.6 is 0 Å². The van der Waals surface area contributed by atoms with Gasteiger partial charge in [0.2, 0.25) is 0 Å². The van der Waals surface area contributed by atoms with E-state index in [0.717, 1.165) is 12.4 Å². The number of nitrogens with zero attached hydrogens (tertiary/aromatic N) is 3. The second kappa shape index (κ2) is 5.89. The van der Waals surface area contributed by atoms with Gasteiger partial charge in [-0.25, -0.2) is 9.78 Å². The highest BCUT2D eigenvalue weighted by atomic mass is 16.7. The highest BCUT2D eigenvalue weighted by molar-refractivity contribution is 5.75. The van der Waals surface area contributed by atoms with Gasteiger partial charge in [-0.1, -0.05) is 0 Å². The normalized spacial score (nSPS) is 20.4. The first-order valence-corrected chi connectivity index (χ1v) is 7.23. The number of anilines is 2. The Morgan fingerprint density at radius 3 is 2.62 bits per heavy atom. The Hall–Kier alpha value is -1.82. The molecule has 6 nitrogen and oxygen atoms in total. The zero-order chi connectivity index (χ0) is 15.6. The number of aromatic nitrogens is 1. The van der Waals surface area contributed by atoms with Gasteiger partial charge in [-0.05, 0) is 39.8 Å². The molecular formula is C15H24N4O2. The number of carbonyl (C=O) groups excluding carboxylic acids is 1. The summed E-state index contributed by atoms with van der Waals surface area (Å²) in [5, 5.41) is 1.74. The maximum absolute atomic E-state index is 11.9. The Labute approximate surface area is 125 Å². The average molecular weight is 292 g/mol. The minimum atomic E-state index is -0.487. The van der Waals surface area contributed by atoms with Crippen LogP contribution in [0.4, 0.5) is 11.5 Å². The third kappa shape index (κ3) is 3.85. The molecule has 0 bridgehead atoms. The molecule has 0 spiro atoms. The topological polar surface area (TPSA) is 71.7 Å². The van der Waals surface area contributed by atoms with Crippen LogP contribution in [0.5, 0.6) is 0 Å². The highest BCUT2D eigenvalue weighted by Crippen LogP contribution is 2.21. The number of piperazine rings is 1. The van der Waals surface area contributed by atoms with E-state index in [1.165, 1.54) is 0 Å². The van der Waals surface area contributed by atoms with Gasteiger partial charge in [-0.2, -0.15) is 0 Å². The van der Waals surface area contributed by atoms with Crippen molar-refractivity contribution in [2.75, 3.05) is 30.3 Å². The number of hydroxylamine groups is 2. The van der Waals surface area contributed by atoms with Crippen molar-refractivity contribution in [2.45, 2.75) is 33.7 Å². The molecule has 6 heteroatoms. The number of hydrogen-bond acceptors (Lipinski definition) is 6. The summed E-state index contributed by atoms with van der Waals surface area (Å²) >= 11 is 0. The Balaban J connectivity index is 1.96. The van der Waals surface area contributed by atoms with Crippen LogP contribution in [0.3, 0.4) is 0 Å². The van der Waals surface area contributed by atoms with E-state index in [0.29, 0.717) is 18.8 Å². The predicted molar refractivity (Wildman–Crippen MR) is 82.6 cm³/mol. The molecule has 1 aliphatic rings. The number of rotatable bonds is 2. The first kappa shape index (κ1) is 15.6. The third-order valence-electron chi connectivity index (χ3n) is 3.48. The maximum Gasteiger partial charge on any atom is 0.330 e. The fourth-order valence-corrected chi connectivity index (χ4v) is 2.17. The SMILES string of the molecule is C[C@@H]1CN(OC(=O)C(C)(C)C)CCN1c1ccc(N)cn1. The summed E-state index contributed by atoms with van der Waals surface area (Å²) in [6.45, 7) is 9.74. The smallest absolute Gasteiger partial charge is 0.330 e. The van der Waals surface area contributed by atoms with Gasteiger partial charge in [-0.3, -0.25) is 0 Å². The molecule has 0 radical (unpaired) electrons. The van der Waals surface area contributed by atoms with Crippen LogP contribution in [-0.4, -0.2) is 41.7 Å². The second-order valence-corrected chi connectivity index (χ2v) is 6.51. The van der Waals surface area contributed by atoms with Gasteiger partial charge in [0.1, 0.15) is 5.82 Å². The van der Waals surface area contributed by atoms with Crippen molar-refractivity contribution in [1.82, 2.24) is 10.0 Å². The summed E-state index contributed by atoms with van der Waals surface area (Å²) in [6, 6.07) is 3.98. The van der Waals surface area contributed by atoms with Crippen LogP contribution in [0.25, 0.3) is 0 Å². The van der Waals surface area contributed by atoms with E-state index in [2.05, 4.69) is 16.8 Å². The second-order valence-electron chi connectivity index (χ2n) is 6.51. The van der Waals surface area contributed by atoms with Crippen LogP contribution in [0.1, 0.15) is 27.7 Å². The van der Waals surface area contributed by atoms with Crippen LogP contribution in [0.2, 0.25) is 0 Å². The van der Waals surface area contributed by atoms with Crippen molar-refractivity contribution < 1.29 is 9.63 Å². The molecule has 0 unspecified atom stereocenters. The largest absolute Gasteiger partial charge is 0.397 e. The van der Waals surface area contributed by atoms with Crippen LogP contribution in [-0.2, 0) is 9.63 Å². The van der Waals surface area contributed by atoms with Crippen molar-refractivity contribution in [3.05, 3.63) is 18.3 Å². The van der Waals surface area contributed by atoms with Crippen LogP contribution < -0.4 is 10.6 Å². The molecule has 2 rings (SSSR count). The maximum atomic E-state index is 11.9. The highest BCUT2D eigenvalue weighted by Gasteiger charge is 2.30. The van der Waals surface area contributed by atoms with Crippen molar-refractivity contribution in [3.8, 4) is 0 Å². The lowest BCUT2D eigenvalue weighted by atomic mass is 9.98. The van der Waals surface area contributed by atoms with Gasteiger partial charge in [0.15, 0.2) is 0 Å². The first-order valence-electron chi connectivity index (χ1n) is 7.23. The molecule has 21 heavy (non-hydrogen) atoms. The lowest BCUT2D eigenvalue weighted by Gasteiger charge is -2.39. The van der Waals surface area contributed by atoms with Gasteiger partial charge in [0, 0.05) is 12.6 Å². The van der Waals surface area contributed by atoms with Crippen LogP contribution in [0.15, 0.2) is 18.3 Å². The van der Waals surface area contributed by atoms with E-state index < -0.39 is 5.41 Å². The average Bonchev–Trinajstić information content (AvgIpc) is 2.39. The Kier molecular flexibility index (Phi) is 4.37. The minimum absolute atomic E-state index is 0.200. The van der Waals surface area contributed by atoms with E-state index in [4.69, 9.17) is 10.6 Å². The van der Waals surface area contributed by atoms with Gasteiger partial charge < -0.3 is 15.5 Å².